The number of fused-ring (bicyclic) bond motifs is 1. The van der Waals surface area contributed by atoms with E-state index in [1.165, 1.54) is 14.0 Å². The van der Waals surface area contributed by atoms with Crippen molar-refractivity contribution in [2.75, 3.05) is 20.3 Å². The number of rotatable bonds is 3. The van der Waals surface area contributed by atoms with E-state index in [4.69, 9.17) is 14.2 Å². The van der Waals surface area contributed by atoms with E-state index in [1.54, 1.807) is 12.1 Å². The minimum absolute atomic E-state index is 0.0285. The van der Waals surface area contributed by atoms with Gasteiger partial charge >= 0.3 is 0 Å². The van der Waals surface area contributed by atoms with Crippen molar-refractivity contribution in [3.63, 3.8) is 0 Å². The fourth-order valence-corrected chi connectivity index (χ4v) is 1.76. The van der Waals surface area contributed by atoms with Crippen molar-refractivity contribution in [1.82, 2.24) is 0 Å². The summed E-state index contributed by atoms with van der Waals surface area (Å²) in [6, 6.07) is 5.42. The second kappa shape index (κ2) is 4.53. The van der Waals surface area contributed by atoms with E-state index < -0.39 is 6.10 Å². The summed E-state index contributed by atoms with van der Waals surface area (Å²) in [5, 5.41) is 0. The summed E-state index contributed by atoms with van der Waals surface area (Å²) in [7, 11) is 1.52. The van der Waals surface area contributed by atoms with Gasteiger partial charge in [-0.1, -0.05) is 6.07 Å². The Morgan fingerprint density at radius 3 is 2.62 bits per heavy atom. The third-order valence-corrected chi connectivity index (χ3v) is 2.47. The van der Waals surface area contributed by atoms with Crippen LogP contribution in [0.25, 0.3) is 0 Å². The summed E-state index contributed by atoms with van der Waals surface area (Å²) >= 11 is 0. The lowest BCUT2D eigenvalue weighted by Gasteiger charge is -2.20. The van der Waals surface area contributed by atoms with Crippen LogP contribution >= 0.6 is 0 Å². The number of methoxy groups -OCH3 is 1. The normalized spacial score (nSPS) is 15.6. The van der Waals surface area contributed by atoms with E-state index in [0.717, 1.165) is 5.56 Å². The van der Waals surface area contributed by atoms with Crippen molar-refractivity contribution >= 4 is 5.78 Å². The van der Waals surface area contributed by atoms with E-state index in [1.807, 2.05) is 6.07 Å². The number of ketones is 1. The Kier molecular flexibility index (Phi) is 3.10. The molecule has 1 aromatic rings. The summed E-state index contributed by atoms with van der Waals surface area (Å²) in [4.78, 5) is 11.3. The van der Waals surface area contributed by atoms with Crippen LogP contribution in [0.3, 0.4) is 0 Å². The van der Waals surface area contributed by atoms with Crippen LogP contribution in [0.4, 0.5) is 0 Å². The molecule has 0 aliphatic carbocycles. The standard InChI is InChI=1S/C12H14O4/c1-8(13)12(14-2)9-3-4-10-11(7-9)16-6-5-15-10/h3-4,7,12H,5-6H2,1-2H3. The predicted molar refractivity (Wildman–Crippen MR) is 57.9 cm³/mol. The Morgan fingerprint density at radius 1 is 1.31 bits per heavy atom. The van der Waals surface area contributed by atoms with E-state index in [-0.39, 0.29) is 5.78 Å². The van der Waals surface area contributed by atoms with Crippen molar-refractivity contribution in [2.24, 2.45) is 0 Å². The second-order valence-electron chi connectivity index (χ2n) is 3.63. The van der Waals surface area contributed by atoms with Gasteiger partial charge in [0, 0.05) is 7.11 Å². The third-order valence-electron chi connectivity index (χ3n) is 2.47. The van der Waals surface area contributed by atoms with Crippen molar-refractivity contribution in [2.45, 2.75) is 13.0 Å². The summed E-state index contributed by atoms with van der Waals surface area (Å²) in [5.41, 5.74) is 0.791. The first-order chi connectivity index (χ1) is 7.72. The molecule has 2 rings (SSSR count). The number of ether oxygens (including phenoxy) is 3. The number of hydrogen-bond donors (Lipinski definition) is 0. The summed E-state index contributed by atoms with van der Waals surface area (Å²) < 4.78 is 16.0. The summed E-state index contributed by atoms with van der Waals surface area (Å²) in [6.07, 6.45) is -0.532. The van der Waals surface area contributed by atoms with Crippen molar-refractivity contribution < 1.29 is 19.0 Å². The van der Waals surface area contributed by atoms with E-state index in [0.29, 0.717) is 24.7 Å². The monoisotopic (exact) mass is 222 g/mol. The van der Waals surface area contributed by atoms with Gasteiger partial charge in [0.1, 0.15) is 19.3 Å². The number of carbonyl (C=O) groups is 1. The van der Waals surface area contributed by atoms with Crippen LogP contribution in [0.15, 0.2) is 18.2 Å². The highest BCUT2D eigenvalue weighted by Crippen LogP contribution is 2.33. The van der Waals surface area contributed by atoms with Gasteiger partial charge in [0.25, 0.3) is 0 Å². The molecule has 0 saturated carbocycles. The van der Waals surface area contributed by atoms with Gasteiger partial charge in [-0.15, -0.1) is 0 Å². The lowest BCUT2D eigenvalue weighted by molar-refractivity contribution is -0.126. The molecule has 0 amide bonds. The quantitative estimate of drug-likeness (QED) is 0.781. The minimum atomic E-state index is -0.532. The number of Topliss-reactive ketones (excluding diaryl/α,β-unsaturated/α-hetero) is 1. The first-order valence-electron chi connectivity index (χ1n) is 5.15. The van der Waals surface area contributed by atoms with Crippen LogP contribution < -0.4 is 9.47 Å². The molecule has 0 fully saturated rings. The molecule has 0 N–H and O–H groups in total. The molecule has 4 nitrogen and oxygen atoms in total. The van der Waals surface area contributed by atoms with Crippen molar-refractivity contribution in [3.8, 4) is 11.5 Å². The lowest BCUT2D eigenvalue weighted by atomic mass is 10.1. The summed E-state index contributed by atoms with van der Waals surface area (Å²) in [6.45, 7) is 2.60. The van der Waals surface area contributed by atoms with E-state index >= 15 is 0 Å². The molecule has 0 bridgehead atoms. The van der Waals surface area contributed by atoms with Crippen LogP contribution in [0.5, 0.6) is 11.5 Å². The van der Waals surface area contributed by atoms with Gasteiger partial charge in [-0.05, 0) is 24.6 Å². The van der Waals surface area contributed by atoms with Crippen LogP contribution in [0.1, 0.15) is 18.6 Å². The van der Waals surface area contributed by atoms with Gasteiger partial charge in [-0.2, -0.15) is 0 Å². The molecule has 0 saturated heterocycles. The van der Waals surface area contributed by atoms with Gasteiger partial charge in [0.2, 0.25) is 0 Å². The SMILES string of the molecule is COC(C(C)=O)c1ccc2c(c1)OCCO2. The molecule has 1 atom stereocenters. The Bertz CT molecular complexity index is 400. The molecular formula is C12H14O4. The smallest absolute Gasteiger partial charge is 0.163 e. The lowest BCUT2D eigenvalue weighted by Crippen LogP contribution is -2.16. The Labute approximate surface area is 94.1 Å². The second-order valence-corrected chi connectivity index (χ2v) is 3.63. The molecule has 0 spiro atoms. The first kappa shape index (κ1) is 11.0. The van der Waals surface area contributed by atoms with Gasteiger partial charge in [0.15, 0.2) is 17.3 Å². The molecule has 0 aromatic heterocycles. The zero-order valence-corrected chi connectivity index (χ0v) is 9.36. The molecule has 1 aliphatic rings. The molecule has 0 radical (unpaired) electrons. The van der Waals surface area contributed by atoms with Crippen LogP contribution in [-0.2, 0) is 9.53 Å². The van der Waals surface area contributed by atoms with Crippen molar-refractivity contribution in [3.05, 3.63) is 23.8 Å². The van der Waals surface area contributed by atoms with E-state index in [9.17, 15) is 4.79 Å². The molecule has 1 aliphatic heterocycles. The highest BCUT2D eigenvalue weighted by molar-refractivity contribution is 5.82. The molecule has 16 heavy (non-hydrogen) atoms. The van der Waals surface area contributed by atoms with Gasteiger partial charge in [0.05, 0.1) is 0 Å². The summed E-state index contributed by atoms with van der Waals surface area (Å²) in [5.74, 6) is 1.36. The highest BCUT2D eigenvalue weighted by atomic mass is 16.6. The maximum Gasteiger partial charge on any atom is 0.163 e. The third kappa shape index (κ3) is 2.02. The molecule has 4 heteroatoms. The van der Waals surface area contributed by atoms with Gasteiger partial charge in [-0.25, -0.2) is 0 Å². The predicted octanol–water partition coefficient (Wildman–Crippen LogP) is 1.73. The van der Waals surface area contributed by atoms with Crippen LogP contribution in [-0.4, -0.2) is 26.1 Å². The molecule has 86 valence electrons. The molecule has 1 unspecified atom stereocenters. The zero-order chi connectivity index (χ0) is 11.5. The van der Waals surface area contributed by atoms with Gasteiger partial charge < -0.3 is 14.2 Å². The van der Waals surface area contributed by atoms with Crippen LogP contribution in [0, 0.1) is 0 Å². The average molecular weight is 222 g/mol. The fraction of sp³-hybridized carbons (Fsp3) is 0.417. The fourth-order valence-electron chi connectivity index (χ4n) is 1.76. The maximum atomic E-state index is 11.3. The highest BCUT2D eigenvalue weighted by Gasteiger charge is 2.19. The van der Waals surface area contributed by atoms with E-state index in [2.05, 4.69) is 0 Å². The number of carbonyl (C=O) groups excluding carboxylic acids is 1. The van der Waals surface area contributed by atoms with Crippen LogP contribution in [0.2, 0.25) is 0 Å². The first-order valence-corrected chi connectivity index (χ1v) is 5.15. The maximum absolute atomic E-state index is 11.3. The average Bonchev–Trinajstić information content (AvgIpc) is 2.29. The topological polar surface area (TPSA) is 44.8 Å². The zero-order valence-electron chi connectivity index (χ0n) is 9.36. The number of hydrogen-bond acceptors (Lipinski definition) is 4. The molecule has 1 aromatic carbocycles. The number of benzene rings is 1. The largest absolute Gasteiger partial charge is 0.486 e. The Morgan fingerprint density at radius 2 is 2.00 bits per heavy atom. The molecule has 1 heterocycles. The minimum Gasteiger partial charge on any atom is -0.486 e. The Balaban J connectivity index is 2.32. The van der Waals surface area contributed by atoms with Crippen molar-refractivity contribution in [1.29, 1.82) is 0 Å². The molecular weight excluding hydrogens is 208 g/mol. The van der Waals surface area contributed by atoms with Gasteiger partial charge in [-0.3, -0.25) is 4.79 Å². The Hall–Kier alpha value is -1.55.